The molecule has 1 rings (SSSR count). The molecule has 0 saturated carbocycles. The summed E-state index contributed by atoms with van der Waals surface area (Å²) in [5.74, 6) is -1.23. The molecule has 0 aromatic heterocycles. The average molecular weight is 274 g/mol. The summed E-state index contributed by atoms with van der Waals surface area (Å²) in [6.45, 7) is 3.48. The summed E-state index contributed by atoms with van der Waals surface area (Å²) in [5, 5.41) is 4.98. The Morgan fingerprint density at radius 2 is 2.00 bits per heavy atom. The Labute approximate surface area is 105 Å². The summed E-state index contributed by atoms with van der Waals surface area (Å²) < 4.78 is 36.2. The lowest BCUT2D eigenvalue weighted by atomic mass is 10.1. The molecule has 0 radical (unpaired) electrons. The molecule has 0 aliphatic heterocycles. The van der Waals surface area contributed by atoms with Crippen LogP contribution in [0.3, 0.4) is 0 Å². The van der Waals surface area contributed by atoms with Gasteiger partial charge in [0.15, 0.2) is 0 Å². The molecule has 1 aromatic carbocycles. The third-order valence-electron chi connectivity index (χ3n) is 2.67. The quantitative estimate of drug-likeness (QED) is 0.888. The van der Waals surface area contributed by atoms with E-state index in [9.17, 15) is 17.6 Å². The first-order chi connectivity index (χ1) is 8.18. The van der Waals surface area contributed by atoms with Crippen LogP contribution in [0.15, 0.2) is 17.0 Å². The van der Waals surface area contributed by atoms with Crippen LogP contribution in [0.5, 0.6) is 0 Å². The second-order valence-corrected chi connectivity index (χ2v) is 5.48. The minimum Gasteiger partial charge on any atom is -0.342 e. The van der Waals surface area contributed by atoms with Gasteiger partial charge in [-0.15, -0.1) is 0 Å². The van der Waals surface area contributed by atoms with Gasteiger partial charge >= 0.3 is 0 Å². The van der Waals surface area contributed by atoms with Crippen molar-refractivity contribution in [2.24, 2.45) is 5.14 Å². The molecule has 0 saturated heterocycles. The molecule has 0 fully saturated rings. The Morgan fingerprint density at radius 1 is 1.44 bits per heavy atom. The van der Waals surface area contributed by atoms with Crippen LogP contribution in [0, 0.1) is 12.7 Å². The van der Waals surface area contributed by atoms with Crippen molar-refractivity contribution in [3.63, 3.8) is 0 Å². The minimum atomic E-state index is -4.06. The molecule has 2 N–H and O–H groups in total. The fraction of sp³-hybridized carbons (Fsp3) is 0.364. The van der Waals surface area contributed by atoms with Crippen LogP contribution in [0.1, 0.15) is 22.8 Å². The molecule has 18 heavy (non-hydrogen) atoms. The maximum absolute atomic E-state index is 13.6. The van der Waals surface area contributed by atoms with Gasteiger partial charge in [0.1, 0.15) is 5.82 Å². The van der Waals surface area contributed by atoms with E-state index < -0.39 is 21.7 Å². The Balaban J connectivity index is 3.43. The van der Waals surface area contributed by atoms with Gasteiger partial charge in [0, 0.05) is 24.7 Å². The van der Waals surface area contributed by atoms with Gasteiger partial charge in [-0.3, -0.25) is 4.79 Å². The summed E-state index contributed by atoms with van der Waals surface area (Å²) in [5.41, 5.74) is -0.125. The molecule has 5 nitrogen and oxygen atoms in total. The zero-order chi connectivity index (χ0) is 14.1. The van der Waals surface area contributed by atoms with Gasteiger partial charge in [0.2, 0.25) is 10.0 Å². The fourth-order valence-corrected chi connectivity index (χ4v) is 2.25. The molecule has 100 valence electrons. The van der Waals surface area contributed by atoms with Crippen LogP contribution < -0.4 is 5.14 Å². The number of rotatable bonds is 3. The van der Waals surface area contributed by atoms with Crippen LogP contribution in [0.4, 0.5) is 4.39 Å². The highest BCUT2D eigenvalue weighted by Gasteiger charge is 2.20. The number of amides is 1. The van der Waals surface area contributed by atoms with Gasteiger partial charge in [-0.2, -0.15) is 0 Å². The van der Waals surface area contributed by atoms with Crippen LogP contribution in [-0.4, -0.2) is 32.8 Å². The Kier molecular flexibility index (Phi) is 4.08. The largest absolute Gasteiger partial charge is 0.342 e. The summed E-state index contributed by atoms with van der Waals surface area (Å²) in [4.78, 5) is 12.8. The normalized spacial score (nSPS) is 11.4. The van der Waals surface area contributed by atoms with Crippen molar-refractivity contribution in [3.05, 3.63) is 29.1 Å². The number of halogens is 1. The van der Waals surface area contributed by atoms with Crippen molar-refractivity contribution in [3.8, 4) is 0 Å². The first-order valence-electron chi connectivity index (χ1n) is 5.27. The molecule has 0 heterocycles. The Morgan fingerprint density at radius 3 is 2.44 bits per heavy atom. The molecular weight excluding hydrogens is 259 g/mol. The molecule has 0 aliphatic carbocycles. The lowest BCUT2D eigenvalue weighted by Crippen LogP contribution is -2.27. The second kappa shape index (κ2) is 5.03. The SMILES string of the molecule is CCN(C)C(=O)c1cc(F)c(C)c(S(N)(=O)=O)c1. The number of nitrogens with zero attached hydrogens (tertiary/aromatic N) is 1. The molecular formula is C11H15FN2O3S. The predicted octanol–water partition coefficient (Wildman–Crippen LogP) is 0.873. The Bertz CT molecular complexity index is 584. The van der Waals surface area contributed by atoms with E-state index in [0.29, 0.717) is 6.54 Å². The van der Waals surface area contributed by atoms with E-state index in [1.807, 2.05) is 0 Å². The number of carbonyl (C=O) groups excluding carboxylic acids is 1. The molecule has 0 atom stereocenters. The smallest absolute Gasteiger partial charge is 0.253 e. The van der Waals surface area contributed by atoms with E-state index in [1.54, 1.807) is 6.92 Å². The number of nitrogens with two attached hydrogens (primary N) is 1. The van der Waals surface area contributed by atoms with Crippen molar-refractivity contribution < 1.29 is 17.6 Å². The van der Waals surface area contributed by atoms with Crippen molar-refractivity contribution >= 4 is 15.9 Å². The highest BCUT2D eigenvalue weighted by Crippen LogP contribution is 2.20. The zero-order valence-electron chi connectivity index (χ0n) is 10.4. The van der Waals surface area contributed by atoms with Crippen molar-refractivity contribution in [2.75, 3.05) is 13.6 Å². The summed E-state index contributed by atoms with van der Waals surface area (Å²) in [6, 6.07) is 2.11. The molecule has 0 unspecified atom stereocenters. The van der Waals surface area contributed by atoms with Crippen molar-refractivity contribution in [1.29, 1.82) is 0 Å². The fourth-order valence-electron chi connectivity index (χ4n) is 1.44. The van der Waals surface area contributed by atoms with Crippen molar-refractivity contribution in [2.45, 2.75) is 18.7 Å². The van der Waals surface area contributed by atoms with E-state index in [4.69, 9.17) is 5.14 Å². The first kappa shape index (κ1) is 14.6. The van der Waals surface area contributed by atoms with Crippen LogP contribution in [0.25, 0.3) is 0 Å². The number of primary sulfonamides is 1. The standard InChI is InChI=1S/C11H15FN2O3S/c1-4-14(3)11(15)8-5-9(12)7(2)10(6-8)18(13,16)17/h5-6H,4H2,1-3H3,(H2,13,16,17). The van der Waals surface area contributed by atoms with E-state index >= 15 is 0 Å². The maximum Gasteiger partial charge on any atom is 0.253 e. The van der Waals surface area contributed by atoms with Gasteiger partial charge in [-0.05, 0) is 26.0 Å². The molecule has 1 aromatic rings. The number of hydrogen-bond acceptors (Lipinski definition) is 3. The zero-order valence-corrected chi connectivity index (χ0v) is 11.2. The highest BCUT2D eigenvalue weighted by molar-refractivity contribution is 7.89. The van der Waals surface area contributed by atoms with E-state index in [0.717, 1.165) is 12.1 Å². The van der Waals surface area contributed by atoms with E-state index in [1.165, 1.54) is 18.9 Å². The molecule has 0 bridgehead atoms. The second-order valence-electron chi connectivity index (χ2n) is 3.95. The maximum atomic E-state index is 13.6. The Hall–Kier alpha value is -1.47. The number of hydrogen-bond donors (Lipinski definition) is 1. The topological polar surface area (TPSA) is 80.5 Å². The molecule has 0 spiro atoms. The van der Waals surface area contributed by atoms with Crippen LogP contribution >= 0.6 is 0 Å². The molecule has 7 heteroatoms. The summed E-state index contributed by atoms with van der Waals surface area (Å²) in [7, 11) is -2.52. The highest BCUT2D eigenvalue weighted by atomic mass is 32.2. The van der Waals surface area contributed by atoms with Crippen molar-refractivity contribution in [1.82, 2.24) is 4.90 Å². The summed E-state index contributed by atoms with van der Waals surface area (Å²) >= 11 is 0. The predicted molar refractivity (Wildman–Crippen MR) is 65.1 cm³/mol. The van der Waals surface area contributed by atoms with E-state index in [2.05, 4.69) is 0 Å². The monoisotopic (exact) mass is 274 g/mol. The lowest BCUT2D eigenvalue weighted by Gasteiger charge is -2.15. The van der Waals surface area contributed by atoms with Gasteiger partial charge in [-0.25, -0.2) is 17.9 Å². The third-order valence-corrected chi connectivity index (χ3v) is 3.71. The third kappa shape index (κ3) is 2.85. The summed E-state index contributed by atoms with van der Waals surface area (Å²) in [6.07, 6.45) is 0. The van der Waals surface area contributed by atoms with Gasteiger partial charge < -0.3 is 4.90 Å². The van der Waals surface area contributed by atoms with Gasteiger partial charge in [-0.1, -0.05) is 0 Å². The van der Waals surface area contributed by atoms with E-state index in [-0.39, 0.29) is 16.0 Å². The molecule has 1 amide bonds. The molecule has 0 aliphatic rings. The first-order valence-corrected chi connectivity index (χ1v) is 6.81. The number of carbonyl (C=O) groups is 1. The number of sulfonamides is 1. The van der Waals surface area contributed by atoms with Gasteiger partial charge in [0.25, 0.3) is 5.91 Å². The van der Waals surface area contributed by atoms with Crippen LogP contribution in [-0.2, 0) is 10.0 Å². The minimum absolute atomic E-state index is 0.0357. The van der Waals surface area contributed by atoms with Crippen LogP contribution in [0.2, 0.25) is 0 Å². The number of benzene rings is 1. The lowest BCUT2D eigenvalue weighted by molar-refractivity contribution is 0.0801. The van der Waals surface area contributed by atoms with Gasteiger partial charge in [0.05, 0.1) is 4.90 Å². The average Bonchev–Trinajstić information content (AvgIpc) is 2.28.